The van der Waals surface area contributed by atoms with Crippen LogP contribution >= 0.6 is 0 Å². The minimum Gasteiger partial charge on any atom is -0.466 e. The summed E-state index contributed by atoms with van der Waals surface area (Å²) < 4.78 is 10.5. The molecule has 1 saturated carbocycles. The van der Waals surface area contributed by atoms with E-state index in [2.05, 4.69) is 33.8 Å². The number of hydrogen-bond acceptors (Lipinski definition) is 4. The van der Waals surface area contributed by atoms with E-state index in [9.17, 15) is 9.59 Å². The molecule has 2 aliphatic rings. The van der Waals surface area contributed by atoms with Gasteiger partial charge in [-0.05, 0) is 72.7 Å². The summed E-state index contributed by atoms with van der Waals surface area (Å²) in [4.78, 5) is 22.4. The van der Waals surface area contributed by atoms with E-state index in [0.29, 0.717) is 36.4 Å². The second-order valence-electron chi connectivity index (χ2n) is 10.1. The lowest BCUT2D eigenvalue weighted by molar-refractivity contribution is -0.142. The Labute approximate surface area is 171 Å². The Hall–Kier alpha value is -1.32. The van der Waals surface area contributed by atoms with Crippen LogP contribution in [0.3, 0.4) is 0 Å². The maximum Gasteiger partial charge on any atom is 0.302 e. The molecule has 0 N–H and O–H groups in total. The Balaban J connectivity index is 2.11. The number of esters is 2. The summed E-state index contributed by atoms with van der Waals surface area (Å²) in [6.45, 7) is 13.5. The van der Waals surface area contributed by atoms with Gasteiger partial charge >= 0.3 is 11.9 Å². The van der Waals surface area contributed by atoms with Gasteiger partial charge in [0.2, 0.25) is 0 Å². The van der Waals surface area contributed by atoms with Crippen molar-refractivity contribution in [2.24, 2.45) is 28.6 Å². The molecule has 160 valence electrons. The Morgan fingerprint density at radius 2 is 1.79 bits per heavy atom. The summed E-state index contributed by atoms with van der Waals surface area (Å²) in [7, 11) is 0. The SMILES string of the molecule is CC(=O)OCCC(C)CCC1C(COC(C)=O)=CCC2C(C)(C)CCCC12C. The number of ether oxygens (including phenoxy) is 2. The van der Waals surface area contributed by atoms with E-state index in [1.807, 2.05) is 0 Å². The number of carbonyl (C=O) groups is 2. The van der Waals surface area contributed by atoms with Crippen molar-refractivity contribution < 1.29 is 19.1 Å². The largest absolute Gasteiger partial charge is 0.466 e. The van der Waals surface area contributed by atoms with Gasteiger partial charge in [-0.3, -0.25) is 9.59 Å². The van der Waals surface area contributed by atoms with E-state index in [4.69, 9.17) is 9.47 Å². The minimum absolute atomic E-state index is 0.203. The van der Waals surface area contributed by atoms with Crippen molar-refractivity contribution in [2.75, 3.05) is 13.2 Å². The second-order valence-corrected chi connectivity index (χ2v) is 10.1. The molecule has 0 heterocycles. The molecule has 1 fully saturated rings. The van der Waals surface area contributed by atoms with Gasteiger partial charge in [-0.1, -0.05) is 40.2 Å². The summed E-state index contributed by atoms with van der Waals surface area (Å²) >= 11 is 0. The molecule has 2 aliphatic carbocycles. The van der Waals surface area contributed by atoms with Crippen LogP contribution in [0, 0.1) is 28.6 Å². The topological polar surface area (TPSA) is 52.6 Å². The van der Waals surface area contributed by atoms with Crippen LogP contribution in [0.15, 0.2) is 11.6 Å². The van der Waals surface area contributed by atoms with Crippen molar-refractivity contribution in [1.82, 2.24) is 0 Å². The van der Waals surface area contributed by atoms with Crippen LogP contribution in [0.2, 0.25) is 0 Å². The van der Waals surface area contributed by atoms with Crippen LogP contribution in [0.4, 0.5) is 0 Å². The van der Waals surface area contributed by atoms with Gasteiger partial charge in [0.15, 0.2) is 0 Å². The van der Waals surface area contributed by atoms with Crippen LogP contribution < -0.4 is 0 Å². The Morgan fingerprint density at radius 1 is 1.11 bits per heavy atom. The first-order chi connectivity index (χ1) is 13.1. The first kappa shape index (κ1) is 23.0. The Morgan fingerprint density at radius 3 is 2.43 bits per heavy atom. The third-order valence-electron chi connectivity index (χ3n) is 7.44. The number of rotatable bonds is 8. The minimum atomic E-state index is -0.203. The fourth-order valence-corrected chi connectivity index (χ4v) is 5.87. The molecule has 4 unspecified atom stereocenters. The molecule has 0 aromatic rings. The van der Waals surface area contributed by atoms with Gasteiger partial charge in [-0.2, -0.15) is 0 Å². The monoisotopic (exact) mass is 392 g/mol. The van der Waals surface area contributed by atoms with Gasteiger partial charge in [-0.15, -0.1) is 0 Å². The van der Waals surface area contributed by atoms with Crippen LogP contribution in [-0.2, 0) is 19.1 Å². The van der Waals surface area contributed by atoms with Crippen LogP contribution in [0.25, 0.3) is 0 Å². The van der Waals surface area contributed by atoms with Crippen molar-refractivity contribution in [1.29, 1.82) is 0 Å². The summed E-state index contributed by atoms with van der Waals surface area (Å²) in [5, 5.41) is 0. The number of fused-ring (bicyclic) bond motifs is 1. The predicted molar refractivity (Wildman–Crippen MR) is 112 cm³/mol. The van der Waals surface area contributed by atoms with Crippen molar-refractivity contribution in [3.8, 4) is 0 Å². The highest BCUT2D eigenvalue weighted by Gasteiger charge is 2.52. The molecule has 4 heteroatoms. The number of allylic oxidation sites excluding steroid dienone is 1. The van der Waals surface area contributed by atoms with E-state index in [1.165, 1.54) is 38.7 Å². The van der Waals surface area contributed by atoms with Gasteiger partial charge in [0.05, 0.1) is 6.61 Å². The van der Waals surface area contributed by atoms with E-state index >= 15 is 0 Å². The van der Waals surface area contributed by atoms with Crippen LogP contribution in [-0.4, -0.2) is 25.2 Å². The zero-order valence-corrected chi connectivity index (χ0v) is 18.8. The zero-order valence-electron chi connectivity index (χ0n) is 18.8. The average Bonchev–Trinajstić information content (AvgIpc) is 2.57. The van der Waals surface area contributed by atoms with Crippen molar-refractivity contribution in [3.63, 3.8) is 0 Å². The lowest BCUT2D eigenvalue weighted by atomic mass is 9.48. The van der Waals surface area contributed by atoms with E-state index < -0.39 is 0 Å². The highest BCUT2D eigenvalue weighted by atomic mass is 16.5. The highest BCUT2D eigenvalue weighted by Crippen LogP contribution is 2.60. The number of hydrogen-bond donors (Lipinski definition) is 0. The van der Waals surface area contributed by atoms with Gasteiger partial charge in [0.25, 0.3) is 0 Å². The van der Waals surface area contributed by atoms with Gasteiger partial charge in [-0.25, -0.2) is 0 Å². The molecule has 0 aromatic carbocycles. The van der Waals surface area contributed by atoms with Gasteiger partial charge in [0, 0.05) is 13.8 Å². The maximum absolute atomic E-state index is 11.4. The molecule has 2 rings (SSSR count). The summed E-state index contributed by atoms with van der Waals surface area (Å²) in [6, 6.07) is 0. The molecular formula is C24H40O4. The number of carbonyl (C=O) groups excluding carboxylic acids is 2. The molecule has 4 atom stereocenters. The lowest BCUT2D eigenvalue weighted by Gasteiger charge is -2.57. The quantitative estimate of drug-likeness (QED) is 0.393. The predicted octanol–water partition coefficient (Wildman–Crippen LogP) is 5.70. The summed E-state index contributed by atoms with van der Waals surface area (Å²) in [5.74, 6) is 1.24. The maximum atomic E-state index is 11.4. The Kier molecular flexibility index (Phi) is 7.75. The van der Waals surface area contributed by atoms with Crippen molar-refractivity contribution in [3.05, 3.63) is 11.6 Å². The van der Waals surface area contributed by atoms with Crippen molar-refractivity contribution >= 4 is 11.9 Å². The highest BCUT2D eigenvalue weighted by molar-refractivity contribution is 5.66. The smallest absolute Gasteiger partial charge is 0.302 e. The van der Waals surface area contributed by atoms with E-state index in [1.54, 1.807) is 0 Å². The fourth-order valence-electron chi connectivity index (χ4n) is 5.87. The van der Waals surface area contributed by atoms with Crippen LogP contribution in [0.5, 0.6) is 0 Å². The Bertz CT molecular complexity index is 591. The molecule has 0 radical (unpaired) electrons. The zero-order chi connectivity index (χ0) is 20.9. The van der Waals surface area contributed by atoms with Gasteiger partial charge < -0.3 is 9.47 Å². The molecule has 0 spiro atoms. The molecule has 4 nitrogen and oxygen atoms in total. The normalized spacial score (nSPS) is 30.0. The third-order valence-corrected chi connectivity index (χ3v) is 7.44. The first-order valence-electron chi connectivity index (χ1n) is 11.0. The molecule has 0 bridgehead atoms. The summed E-state index contributed by atoms with van der Waals surface area (Å²) in [6.07, 6.45) is 10.4. The van der Waals surface area contributed by atoms with Crippen LogP contribution in [0.1, 0.15) is 86.5 Å². The summed E-state index contributed by atoms with van der Waals surface area (Å²) in [5.41, 5.74) is 1.94. The molecule has 0 aliphatic heterocycles. The first-order valence-corrected chi connectivity index (χ1v) is 11.0. The standard InChI is InChI=1S/C24H40O4/c1-17(12-15-27-18(2)25)8-10-21-20(16-28-19(3)26)9-11-22-23(4,5)13-7-14-24(21,22)6/h9,17,21-22H,7-8,10-16H2,1-6H3. The molecule has 0 amide bonds. The van der Waals surface area contributed by atoms with E-state index in [0.717, 1.165) is 25.7 Å². The average molecular weight is 393 g/mol. The van der Waals surface area contributed by atoms with E-state index in [-0.39, 0.29) is 17.4 Å². The molecular weight excluding hydrogens is 352 g/mol. The van der Waals surface area contributed by atoms with Gasteiger partial charge in [0.1, 0.15) is 6.61 Å². The second kappa shape index (κ2) is 9.45. The molecule has 0 aromatic heterocycles. The van der Waals surface area contributed by atoms with Crippen molar-refractivity contribution in [2.45, 2.75) is 86.5 Å². The lowest BCUT2D eigenvalue weighted by Crippen LogP contribution is -2.49. The molecule has 28 heavy (non-hydrogen) atoms. The third kappa shape index (κ3) is 5.61. The molecule has 0 saturated heterocycles. The fraction of sp³-hybridized carbons (Fsp3) is 0.833.